The summed E-state index contributed by atoms with van der Waals surface area (Å²) in [6, 6.07) is 13.9. The number of hydrogen-bond acceptors (Lipinski definition) is 6. The minimum Gasteiger partial charge on any atom is -0.349 e. The summed E-state index contributed by atoms with van der Waals surface area (Å²) in [7, 11) is 0. The zero-order valence-corrected chi connectivity index (χ0v) is 17.4. The predicted octanol–water partition coefficient (Wildman–Crippen LogP) is 3.23. The van der Waals surface area contributed by atoms with Crippen LogP contribution in [0, 0.1) is 0 Å². The zero-order chi connectivity index (χ0) is 20.9. The molecule has 0 bridgehead atoms. The molecule has 1 N–H and O–H groups in total. The molecule has 7 nitrogen and oxygen atoms in total. The summed E-state index contributed by atoms with van der Waals surface area (Å²) in [5.74, 6) is -0.675. The normalized spacial score (nSPS) is 12.2. The van der Waals surface area contributed by atoms with Crippen LogP contribution in [0.1, 0.15) is 48.6 Å². The van der Waals surface area contributed by atoms with E-state index in [9.17, 15) is 9.59 Å². The Morgan fingerprint density at radius 3 is 2.41 bits per heavy atom. The van der Waals surface area contributed by atoms with Gasteiger partial charge in [-0.1, -0.05) is 40.9 Å². The van der Waals surface area contributed by atoms with E-state index in [2.05, 4.69) is 19.9 Å². The number of nitrogens with one attached hydrogen (secondary N) is 1. The van der Waals surface area contributed by atoms with Gasteiger partial charge in [-0.3, -0.25) is 14.6 Å². The Labute approximate surface area is 174 Å². The van der Waals surface area contributed by atoms with Gasteiger partial charge < -0.3 is 10.2 Å². The van der Waals surface area contributed by atoms with Gasteiger partial charge in [0.2, 0.25) is 5.91 Å². The molecule has 0 saturated carbocycles. The first-order valence-electron chi connectivity index (χ1n) is 9.20. The fraction of sp³-hybridized carbons (Fsp3) is 0.286. The topological polar surface area (TPSA) is 88.1 Å². The van der Waals surface area contributed by atoms with Crippen molar-refractivity contribution in [3.63, 3.8) is 0 Å². The van der Waals surface area contributed by atoms with Gasteiger partial charge in [0, 0.05) is 23.7 Å². The van der Waals surface area contributed by atoms with Gasteiger partial charge in [0.05, 0.1) is 5.69 Å². The van der Waals surface area contributed by atoms with E-state index in [1.54, 1.807) is 29.8 Å². The molecule has 1 unspecified atom stereocenters. The number of hydrogen-bond donors (Lipinski definition) is 1. The zero-order valence-electron chi connectivity index (χ0n) is 16.6. The lowest BCUT2D eigenvalue weighted by Crippen LogP contribution is -2.49. The second kappa shape index (κ2) is 8.91. The number of benzene rings is 1. The van der Waals surface area contributed by atoms with Crippen LogP contribution in [-0.4, -0.2) is 36.8 Å². The molecule has 2 heterocycles. The Morgan fingerprint density at radius 2 is 1.83 bits per heavy atom. The Morgan fingerprint density at radius 1 is 1.10 bits per heavy atom. The maximum absolute atomic E-state index is 13.3. The van der Waals surface area contributed by atoms with Crippen molar-refractivity contribution in [2.75, 3.05) is 0 Å². The van der Waals surface area contributed by atoms with Crippen molar-refractivity contribution in [1.29, 1.82) is 0 Å². The molecule has 1 atom stereocenters. The maximum atomic E-state index is 13.3. The van der Waals surface area contributed by atoms with Crippen LogP contribution in [0.2, 0.25) is 0 Å². The van der Waals surface area contributed by atoms with Crippen molar-refractivity contribution in [1.82, 2.24) is 24.8 Å². The second-order valence-electron chi connectivity index (χ2n) is 7.61. The minimum atomic E-state index is -0.912. The standard InChI is InChI=1S/C21H23N5O2S/c1-21(2,3)23-19(27)18(16-11-7-8-12-22-16)26(13-15-9-5-4-6-10-15)20(28)17-14-29-25-24-17/h4-12,14,18H,13H2,1-3H3,(H,23,27). The van der Waals surface area contributed by atoms with Crippen LogP contribution < -0.4 is 5.32 Å². The van der Waals surface area contributed by atoms with E-state index in [0.717, 1.165) is 17.1 Å². The number of pyridine rings is 1. The van der Waals surface area contributed by atoms with E-state index in [1.807, 2.05) is 51.1 Å². The van der Waals surface area contributed by atoms with Crippen LogP contribution in [0.5, 0.6) is 0 Å². The molecule has 3 rings (SSSR count). The molecule has 0 fully saturated rings. The van der Waals surface area contributed by atoms with Crippen LogP contribution >= 0.6 is 11.5 Å². The number of aromatic nitrogens is 3. The Kier molecular flexibility index (Phi) is 6.33. The number of amides is 2. The van der Waals surface area contributed by atoms with Crippen LogP contribution in [0.25, 0.3) is 0 Å². The van der Waals surface area contributed by atoms with Gasteiger partial charge in [-0.15, -0.1) is 5.10 Å². The van der Waals surface area contributed by atoms with Crippen molar-refractivity contribution in [3.8, 4) is 0 Å². The number of carbonyl (C=O) groups excluding carboxylic acids is 2. The largest absolute Gasteiger partial charge is 0.349 e. The highest BCUT2D eigenvalue weighted by Crippen LogP contribution is 2.25. The average Bonchev–Trinajstić information content (AvgIpc) is 3.22. The molecule has 2 amide bonds. The fourth-order valence-electron chi connectivity index (χ4n) is 2.88. The molecule has 1 aromatic carbocycles. The Hall–Kier alpha value is -3.13. The summed E-state index contributed by atoms with van der Waals surface area (Å²) < 4.78 is 3.80. The van der Waals surface area contributed by atoms with Crippen molar-refractivity contribution in [3.05, 3.63) is 77.1 Å². The van der Waals surface area contributed by atoms with Crippen LogP contribution in [0.15, 0.2) is 60.1 Å². The van der Waals surface area contributed by atoms with Gasteiger partial charge in [0.1, 0.15) is 0 Å². The molecule has 2 aromatic heterocycles. The second-order valence-corrected chi connectivity index (χ2v) is 8.22. The summed E-state index contributed by atoms with van der Waals surface area (Å²) in [6.45, 7) is 5.92. The molecule has 0 saturated heterocycles. The third-order valence-electron chi connectivity index (χ3n) is 4.06. The van der Waals surface area contributed by atoms with Crippen molar-refractivity contribution in [2.45, 2.75) is 38.9 Å². The summed E-state index contributed by atoms with van der Waals surface area (Å²) in [6.07, 6.45) is 1.61. The molecule has 0 radical (unpaired) electrons. The first-order chi connectivity index (χ1) is 13.8. The molecule has 29 heavy (non-hydrogen) atoms. The van der Waals surface area contributed by atoms with Gasteiger partial charge >= 0.3 is 0 Å². The summed E-state index contributed by atoms with van der Waals surface area (Å²) in [4.78, 5) is 32.5. The SMILES string of the molecule is CC(C)(C)NC(=O)C(c1ccccn1)N(Cc1ccccc1)C(=O)c1csnn1. The molecule has 8 heteroatoms. The molecule has 0 aliphatic rings. The Balaban J connectivity index is 2.05. The average molecular weight is 410 g/mol. The molecular weight excluding hydrogens is 386 g/mol. The van der Waals surface area contributed by atoms with Crippen molar-refractivity contribution in [2.24, 2.45) is 0 Å². The van der Waals surface area contributed by atoms with Gasteiger partial charge in [-0.25, -0.2) is 0 Å². The van der Waals surface area contributed by atoms with Crippen LogP contribution in [0.3, 0.4) is 0 Å². The quantitative estimate of drug-likeness (QED) is 0.675. The molecule has 0 spiro atoms. The van der Waals surface area contributed by atoms with Crippen molar-refractivity contribution >= 4 is 23.3 Å². The monoisotopic (exact) mass is 409 g/mol. The van der Waals surface area contributed by atoms with Gasteiger partial charge in [0.15, 0.2) is 11.7 Å². The highest BCUT2D eigenvalue weighted by atomic mass is 32.1. The highest BCUT2D eigenvalue weighted by Gasteiger charge is 2.35. The number of rotatable bonds is 6. The van der Waals surface area contributed by atoms with E-state index in [4.69, 9.17) is 0 Å². The lowest BCUT2D eigenvalue weighted by molar-refractivity contribution is -0.127. The lowest BCUT2D eigenvalue weighted by atomic mass is 10.0. The Bertz CT molecular complexity index is 940. The molecule has 150 valence electrons. The smallest absolute Gasteiger partial charge is 0.276 e. The van der Waals surface area contributed by atoms with Gasteiger partial charge in [-0.2, -0.15) is 0 Å². The van der Waals surface area contributed by atoms with E-state index in [0.29, 0.717) is 5.69 Å². The summed E-state index contributed by atoms with van der Waals surface area (Å²) in [5, 5.41) is 8.47. The highest BCUT2D eigenvalue weighted by molar-refractivity contribution is 7.03. The third kappa shape index (κ3) is 5.45. The number of carbonyl (C=O) groups is 2. The predicted molar refractivity (Wildman–Crippen MR) is 111 cm³/mol. The first-order valence-corrected chi connectivity index (χ1v) is 10.0. The van der Waals surface area contributed by atoms with Crippen LogP contribution in [-0.2, 0) is 11.3 Å². The fourth-order valence-corrected chi connectivity index (χ4v) is 3.31. The van der Waals surface area contributed by atoms with E-state index in [1.165, 1.54) is 4.90 Å². The molecule has 0 aliphatic carbocycles. The van der Waals surface area contributed by atoms with Crippen molar-refractivity contribution < 1.29 is 9.59 Å². The van der Waals surface area contributed by atoms with E-state index in [-0.39, 0.29) is 24.1 Å². The number of nitrogens with zero attached hydrogens (tertiary/aromatic N) is 4. The van der Waals surface area contributed by atoms with Gasteiger partial charge in [0.25, 0.3) is 5.91 Å². The minimum absolute atomic E-state index is 0.204. The third-order valence-corrected chi connectivity index (χ3v) is 4.57. The van der Waals surface area contributed by atoms with E-state index >= 15 is 0 Å². The van der Waals surface area contributed by atoms with E-state index < -0.39 is 11.6 Å². The maximum Gasteiger partial charge on any atom is 0.276 e. The molecular formula is C21H23N5O2S. The van der Waals surface area contributed by atoms with Crippen LogP contribution in [0.4, 0.5) is 0 Å². The van der Waals surface area contributed by atoms with Gasteiger partial charge in [-0.05, 0) is 50.0 Å². The summed E-state index contributed by atoms with van der Waals surface area (Å²) >= 11 is 1.09. The lowest BCUT2D eigenvalue weighted by Gasteiger charge is -2.32. The molecule has 3 aromatic rings. The first kappa shape index (κ1) is 20.6. The molecule has 0 aliphatic heterocycles. The summed E-state index contributed by atoms with van der Waals surface area (Å²) in [5.41, 5.74) is 1.12.